The number of hydrogen-bond acceptors (Lipinski definition) is 10. The van der Waals surface area contributed by atoms with Crippen LogP contribution in [0, 0.1) is 0 Å². The summed E-state index contributed by atoms with van der Waals surface area (Å²) in [6.07, 6.45) is 45.8. The molecule has 0 amide bonds. The second kappa shape index (κ2) is 44.7. The van der Waals surface area contributed by atoms with Crippen molar-refractivity contribution in [3.63, 3.8) is 0 Å². The monoisotopic (exact) mass is 933 g/mol. The Hall–Kier alpha value is -2.83. The molecule has 6 unspecified atom stereocenters. The Morgan fingerprint density at radius 2 is 0.848 bits per heavy atom. The van der Waals surface area contributed by atoms with Gasteiger partial charge in [-0.05, 0) is 77.0 Å². The van der Waals surface area contributed by atoms with Gasteiger partial charge in [-0.15, -0.1) is 0 Å². The van der Waals surface area contributed by atoms with Crippen molar-refractivity contribution in [2.75, 3.05) is 13.2 Å². The van der Waals surface area contributed by atoms with Gasteiger partial charge >= 0.3 is 17.9 Å². The Balaban J connectivity index is 2.30. The van der Waals surface area contributed by atoms with Crippen LogP contribution in [0.15, 0.2) is 48.6 Å². The zero-order valence-electron chi connectivity index (χ0n) is 41.7. The number of carboxylic acid groups (broad SMARTS) is 1. The second-order valence-corrected chi connectivity index (χ2v) is 18.4. The molecule has 4 N–H and O–H groups in total. The molecule has 0 bridgehead atoms. The van der Waals surface area contributed by atoms with Gasteiger partial charge in [0.05, 0.1) is 6.61 Å². The molecule has 0 radical (unpaired) electrons. The molecule has 0 spiro atoms. The molecule has 1 fully saturated rings. The first-order valence-electron chi connectivity index (χ1n) is 26.7. The van der Waals surface area contributed by atoms with E-state index in [-0.39, 0.29) is 19.4 Å². The second-order valence-electron chi connectivity index (χ2n) is 18.4. The number of hydrogen-bond donors (Lipinski definition) is 4. The van der Waals surface area contributed by atoms with Crippen LogP contribution in [0.1, 0.15) is 232 Å². The van der Waals surface area contributed by atoms with Crippen molar-refractivity contribution in [3.05, 3.63) is 48.6 Å². The first-order valence-corrected chi connectivity index (χ1v) is 26.7. The SMILES string of the molecule is CCCCC/C=C\C/C=C\C/C=C\CCCCCCCCC(=O)OCC(COC1OC(C(=O)O)C(O)C(O)C1O)OC(=O)CCCCCCCCCCC/C=C\CCCCCCCCCC. The zero-order valence-corrected chi connectivity index (χ0v) is 41.7. The lowest BCUT2D eigenvalue weighted by Crippen LogP contribution is -2.60. The molecule has 11 nitrogen and oxygen atoms in total. The van der Waals surface area contributed by atoms with Crippen molar-refractivity contribution in [1.29, 1.82) is 0 Å². The van der Waals surface area contributed by atoms with E-state index >= 15 is 0 Å². The number of rotatable bonds is 45. The third-order valence-corrected chi connectivity index (χ3v) is 12.2. The number of aliphatic hydroxyl groups is 3. The van der Waals surface area contributed by atoms with Crippen LogP contribution in [0.4, 0.5) is 0 Å². The third-order valence-electron chi connectivity index (χ3n) is 12.2. The maximum Gasteiger partial charge on any atom is 0.335 e. The number of carbonyl (C=O) groups excluding carboxylic acids is 2. The van der Waals surface area contributed by atoms with E-state index in [9.17, 15) is 34.8 Å². The van der Waals surface area contributed by atoms with Gasteiger partial charge in [0.1, 0.15) is 24.9 Å². The van der Waals surface area contributed by atoms with E-state index in [1.807, 2.05) is 0 Å². The van der Waals surface area contributed by atoms with Crippen molar-refractivity contribution in [2.24, 2.45) is 0 Å². The largest absolute Gasteiger partial charge is 0.479 e. The fourth-order valence-corrected chi connectivity index (χ4v) is 7.94. The number of carbonyl (C=O) groups is 3. The number of ether oxygens (including phenoxy) is 4. The van der Waals surface area contributed by atoms with Gasteiger partial charge in [0.15, 0.2) is 18.5 Å². The molecule has 0 aromatic carbocycles. The number of aliphatic hydroxyl groups excluding tert-OH is 3. The van der Waals surface area contributed by atoms with E-state index in [2.05, 4.69) is 62.5 Å². The Morgan fingerprint density at radius 1 is 0.470 bits per heavy atom. The summed E-state index contributed by atoms with van der Waals surface area (Å²) in [6, 6.07) is 0. The summed E-state index contributed by atoms with van der Waals surface area (Å²) in [5.41, 5.74) is 0. The molecule has 1 rings (SSSR count). The van der Waals surface area contributed by atoms with E-state index in [1.54, 1.807) is 0 Å². The zero-order chi connectivity index (χ0) is 48.1. The van der Waals surface area contributed by atoms with Crippen LogP contribution in [0.5, 0.6) is 0 Å². The van der Waals surface area contributed by atoms with Crippen molar-refractivity contribution in [2.45, 2.75) is 269 Å². The molecule has 0 aromatic rings. The number of carboxylic acids is 1. The Morgan fingerprint density at radius 3 is 1.32 bits per heavy atom. The Kier molecular flexibility index (Phi) is 41.4. The molecular formula is C55H96O11. The lowest BCUT2D eigenvalue weighted by atomic mass is 9.99. The molecule has 0 aromatic heterocycles. The van der Waals surface area contributed by atoms with Gasteiger partial charge < -0.3 is 39.4 Å². The molecule has 382 valence electrons. The number of unbranched alkanes of at least 4 members (excludes halogenated alkanes) is 26. The molecule has 1 saturated heterocycles. The third kappa shape index (κ3) is 35.3. The predicted molar refractivity (Wildman–Crippen MR) is 266 cm³/mol. The van der Waals surface area contributed by atoms with Gasteiger partial charge in [-0.25, -0.2) is 4.79 Å². The fraction of sp³-hybridized carbons (Fsp3) is 0.800. The van der Waals surface area contributed by atoms with Crippen LogP contribution < -0.4 is 0 Å². The highest BCUT2D eigenvalue weighted by atomic mass is 16.7. The summed E-state index contributed by atoms with van der Waals surface area (Å²) in [4.78, 5) is 37.0. The van der Waals surface area contributed by atoms with Crippen LogP contribution in [0.2, 0.25) is 0 Å². The normalized spacial score (nSPS) is 19.4. The molecule has 66 heavy (non-hydrogen) atoms. The molecule has 6 atom stereocenters. The van der Waals surface area contributed by atoms with E-state index in [0.717, 1.165) is 70.6 Å². The average molecular weight is 933 g/mol. The summed E-state index contributed by atoms with van der Waals surface area (Å²) in [5, 5.41) is 40.0. The summed E-state index contributed by atoms with van der Waals surface area (Å²) in [7, 11) is 0. The minimum atomic E-state index is -1.86. The van der Waals surface area contributed by atoms with E-state index in [0.29, 0.717) is 12.8 Å². The van der Waals surface area contributed by atoms with Crippen LogP contribution in [-0.2, 0) is 33.3 Å². The summed E-state index contributed by atoms with van der Waals surface area (Å²) >= 11 is 0. The standard InChI is InChI=1S/C55H96O11/c1-3-5-7-9-11-13-15-17-19-21-23-24-26-28-30-32-34-36-38-40-42-44-49(57)65-47(46-64-55-52(60)50(58)51(59)53(66-55)54(61)62)45-63-48(56)43-41-39-37-35-33-31-29-27-25-22-20-18-16-14-12-10-8-6-4-2/h12,14,18,20-21,23,25,27,47,50-53,55,58-60H,3-11,13,15-17,19,22,24,26,28-46H2,1-2H3,(H,61,62)/b14-12-,20-18-,23-21-,27-25-. The molecular weight excluding hydrogens is 837 g/mol. The van der Waals surface area contributed by atoms with Gasteiger partial charge in [-0.1, -0.05) is 191 Å². The first-order chi connectivity index (χ1) is 32.2. The molecule has 0 saturated carbocycles. The first kappa shape index (κ1) is 61.2. The Labute approximate surface area is 401 Å². The number of esters is 2. The highest BCUT2D eigenvalue weighted by Gasteiger charge is 2.47. The minimum Gasteiger partial charge on any atom is -0.479 e. The molecule has 1 aliphatic heterocycles. The van der Waals surface area contributed by atoms with Gasteiger partial charge in [0.25, 0.3) is 0 Å². The molecule has 0 aliphatic carbocycles. The Bertz CT molecular complexity index is 1280. The molecule has 1 heterocycles. The fourth-order valence-electron chi connectivity index (χ4n) is 7.94. The van der Waals surface area contributed by atoms with Crippen molar-refractivity contribution >= 4 is 17.9 Å². The van der Waals surface area contributed by atoms with Gasteiger partial charge in [0, 0.05) is 12.8 Å². The lowest BCUT2D eigenvalue weighted by molar-refractivity contribution is -0.298. The summed E-state index contributed by atoms with van der Waals surface area (Å²) in [5.74, 6) is -2.46. The quantitative estimate of drug-likeness (QED) is 0.0260. The van der Waals surface area contributed by atoms with Gasteiger partial charge in [-0.3, -0.25) is 9.59 Å². The lowest BCUT2D eigenvalue weighted by Gasteiger charge is -2.38. The molecule has 11 heteroatoms. The van der Waals surface area contributed by atoms with Crippen LogP contribution >= 0.6 is 0 Å². The van der Waals surface area contributed by atoms with E-state index in [1.165, 1.54) is 122 Å². The number of aliphatic carboxylic acids is 1. The summed E-state index contributed by atoms with van der Waals surface area (Å²) in [6.45, 7) is 3.80. The van der Waals surface area contributed by atoms with Gasteiger partial charge in [0.2, 0.25) is 0 Å². The number of allylic oxidation sites excluding steroid dienone is 8. The van der Waals surface area contributed by atoms with Crippen LogP contribution in [-0.4, -0.2) is 88.4 Å². The van der Waals surface area contributed by atoms with Crippen molar-refractivity contribution < 1.29 is 53.8 Å². The van der Waals surface area contributed by atoms with E-state index in [4.69, 9.17) is 18.9 Å². The maximum atomic E-state index is 12.8. The summed E-state index contributed by atoms with van der Waals surface area (Å²) < 4.78 is 21.8. The van der Waals surface area contributed by atoms with E-state index < -0.39 is 61.3 Å². The van der Waals surface area contributed by atoms with Crippen molar-refractivity contribution in [1.82, 2.24) is 0 Å². The average Bonchev–Trinajstić information content (AvgIpc) is 3.30. The maximum absolute atomic E-state index is 12.8. The van der Waals surface area contributed by atoms with Crippen LogP contribution in [0.25, 0.3) is 0 Å². The predicted octanol–water partition coefficient (Wildman–Crippen LogP) is 12.9. The highest BCUT2D eigenvalue weighted by Crippen LogP contribution is 2.23. The topological polar surface area (TPSA) is 169 Å². The molecule has 1 aliphatic rings. The van der Waals surface area contributed by atoms with Crippen molar-refractivity contribution in [3.8, 4) is 0 Å². The smallest absolute Gasteiger partial charge is 0.335 e. The minimum absolute atomic E-state index is 0.177. The van der Waals surface area contributed by atoms with Gasteiger partial charge in [-0.2, -0.15) is 0 Å². The van der Waals surface area contributed by atoms with Crippen LogP contribution in [0.3, 0.4) is 0 Å². The highest BCUT2D eigenvalue weighted by molar-refractivity contribution is 5.73.